The van der Waals surface area contributed by atoms with Crippen LogP contribution in [0, 0.1) is 20.8 Å². The molecule has 0 bridgehead atoms. The molecule has 0 aliphatic heterocycles. The van der Waals surface area contributed by atoms with E-state index in [1.54, 1.807) is 0 Å². The zero-order chi connectivity index (χ0) is 27.2. The lowest BCUT2D eigenvalue weighted by Crippen LogP contribution is -1.86. The van der Waals surface area contributed by atoms with Crippen LogP contribution in [0.4, 0.5) is 0 Å². The number of rotatable bonds is 4. The smallest absolute Gasteiger partial charge is 0.143 e. The largest absolute Gasteiger partial charge is 0.455 e. The Morgan fingerprint density at radius 3 is 1.45 bits per heavy atom. The summed E-state index contributed by atoms with van der Waals surface area (Å²) in [7, 11) is 0. The molecule has 192 valence electrons. The number of hydrogen-bond acceptors (Lipinski definition) is 1. The van der Waals surface area contributed by atoms with Crippen LogP contribution >= 0.6 is 0 Å². The highest BCUT2D eigenvalue weighted by atomic mass is 16.3. The number of hydrogen-bond donors (Lipinski definition) is 0. The third-order valence-corrected chi connectivity index (χ3v) is 7.94. The Morgan fingerprint density at radius 2 is 0.875 bits per heavy atom. The van der Waals surface area contributed by atoms with E-state index in [1.807, 2.05) is 0 Å². The molecular formula is C39H30O. The van der Waals surface area contributed by atoms with Gasteiger partial charge in [0.25, 0.3) is 0 Å². The van der Waals surface area contributed by atoms with Gasteiger partial charge in [-0.25, -0.2) is 0 Å². The SMILES string of the molecule is Cc1ccc(-c2oc3cc(-c4ccc(-c5ccc(C)cc5)c5ccccc45)ccc3c2-c2ccc(C)cc2)cc1. The Kier molecular flexibility index (Phi) is 5.86. The predicted molar refractivity (Wildman–Crippen MR) is 170 cm³/mol. The van der Waals surface area contributed by atoms with Crippen molar-refractivity contribution in [2.75, 3.05) is 0 Å². The van der Waals surface area contributed by atoms with E-state index >= 15 is 0 Å². The van der Waals surface area contributed by atoms with Crippen LogP contribution in [0.15, 0.2) is 132 Å². The van der Waals surface area contributed by atoms with Crippen LogP contribution in [0.2, 0.25) is 0 Å². The van der Waals surface area contributed by atoms with E-state index in [9.17, 15) is 0 Å². The van der Waals surface area contributed by atoms with Crippen molar-refractivity contribution in [3.8, 4) is 44.7 Å². The van der Waals surface area contributed by atoms with Crippen LogP contribution in [0.3, 0.4) is 0 Å². The fraction of sp³-hybridized carbons (Fsp3) is 0.0769. The molecule has 0 saturated carbocycles. The van der Waals surface area contributed by atoms with Crippen molar-refractivity contribution in [3.63, 3.8) is 0 Å². The quantitative estimate of drug-likeness (QED) is 0.228. The van der Waals surface area contributed by atoms with Gasteiger partial charge in [0.05, 0.1) is 0 Å². The molecule has 6 aromatic carbocycles. The van der Waals surface area contributed by atoms with Gasteiger partial charge in [0.1, 0.15) is 11.3 Å². The molecule has 0 unspecified atom stereocenters. The number of benzene rings is 6. The highest BCUT2D eigenvalue weighted by molar-refractivity contribution is 6.07. The second-order valence-corrected chi connectivity index (χ2v) is 10.8. The zero-order valence-corrected chi connectivity index (χ0v) is 23.0. The molecule has 0 saturated heterocycles. The maximum Gasteiger partial charge on any atom is 0.143 e. The van der Waals surface area contributed by atoms with Gasteiger partial charge < -0.3 is 4.42 Å². The Morgan fingerprint density at radius 1 is 0.400 bits per heavy atom. The van der Waals surface area contributed by atoms with Gasteiger partial charge in [-0.1, -0.05) is 132 Å². The maximum absolute atomic E-state index is 6.69. The standard InChI is InChI=1S/C39H30O/c1-25-8-14-28(15-9-25)32-22-23-33(35-7-5-4-6-34(32)35)31-20-21-36-37(24-31)40-39(30-18-12-27(3)13-19-30)38(36)29-16-10-26(2)11-17-29/h4-24H,1-3H3. The van der Waals surface area contributed by atoms with E-state index in [1.165, 1.54) is 49.7 Å². The summed E-state index contributed by atoms with van der Waals surface area (Å²) in [5, 5.41) is 3.62. The van der Waals surface area contributed by atoms with Gasteiger partial charge in [0.2, 0.25) is 0 Å². The van der Waals surface area contributed by atoms with Crippen molar-refractivity contribution < 1.29 is 4.42 Å². The van der Waals surface area contributed by atoms with Crippen molar-refractivity contribution >= 4 is 21.7 Å². The first-order chi connectivity index (χ1) is 19.5. The normalized spacial score (nSPS) is 11.4. The van der Waals surface area contributed by atoms with Crippen LogP contribution in [-0.4, -0.2) is 0 Å². The van der Waals surface area contributed by atoms with E-state index < -0.39 is 0 Å². The monoisotopic (exact) mass is 514 g/mol. The maximum atomic E-state index is 6.69. The van der Waals surface area contributed by atoms with Gasteiger partial charge in [-0.05, 0) is 71.5 Å². The third-order valence-electron chi connectivity index (χ3n) is 7.94. The molecular weight excluding hydrogens is 484 g/mol. The molecule has 0 N–H and O–H groups in total. The fourth-order valence-corrected chi connectivity index (χ4v) is 5.71. The van der Waals surface area contributed by atoms with Gasteiger partial charge in [0, 0.05) is 16.5 Å². The average Bonchev–Trinajstić information content (AvgIpc) is 3.37. The lowest BCUT2D eigenvalue weighted by molar-refractivity contribution is 0.632. The molecule has 40 heavy (non-hydrogen) atoms. The van der Waals surface area contributed by atoms with Crippen LogP contribution in [-0.2, 0) is 0 Å². The highest BCUT2D eigenvalue weighted by Gasteiger charge is 2.19. The molecule has 7 rings (SSSR count). The Hall–Kier alpha value is -4.88. The summed E-state index contributed by atoms with van der Waals surface area (Å²) < 4.78 is 6.69. The average molecular weight is 515 g/mol. The van der Waals surface area contributed by atoms with Gasteiger partial charge in [-0.15, -0.1) is 0 Å². The lowest BCUT2D eigenvalue weighted by Gasteiger charge is -2.12. The van der Waals surface area contributed by atoms with Gasteiger partial charge in [0.15, 0.2) is 0 Å². The van der Waals surface area contributed by atoms with E-state index in [2.05, 4.69) is 148 Å². The van der Waals surface area contributed by atoms with Crippen molar-refractivity contribution in [1.29, 1.82) is 0 Å². The number of furan rings is 1. The van der Waals surface area contributed by atoms with Gasteiger partial charge in [-0.3, -0.25) is 0 Å². The molecule has 1 heterocycles. The molecule has 0 spiro atoms. The summed E-state index contributed by atoms with van der Waals surface area (Å²) in [6.07, 6.45) is 0. The van der Waals surface area contributed by atoms with Gasteiger partial charge >= 0.3 is 0 Å². The minimum Gasteiger partial charge on any atom is -0.455 e. The van der Waals surface area contributed by atoms with E-state index in [4.69, 9.17) is 4.42 Å². The fourth-order valence-electron chi connectivity index (χ4n) is 5.71. The van der Waals surface area contributed by atoms with Crippen LogP contribution < -0.4 is 0 Å². The molecule has 1 aromatic heterocycles. The molecule has 7 aromatic rings. The summed E-state index contributed by atoms with van der Waals surface area (Å²) in [5.74, 6) is 0.913. The Labute approximate surface area is 235 Å². The summed E-state index contributed by atoms with van der Waals surface area (Å²) in [5.41, 5.74) is 12.9. The van der Waals surface area contributed by atoms with Gasteiger partial charge in [-0.2, -0.15) is 0 Å². The van der Waals surface area contributed by atoms with Crippen LogP contribution in [0.1, 0.15) is 16.7 Å². The molecule has 0 aliphatic carbocycles. The molecule has 0 fully saturated rings. The third kappa shape index (κ3) is 4.21. The molecule has 1 heteroatoms. The zero-order valence-electron chi connectivity index (χ0n) is 23.0. The first kappa shape index (κ1) is 24.2. The van der Waals surface area contributed by atoms with Crippen molar-refractivity contribution in [3.05, 3.63) is 144 Å². The lowest BCUT2D eigenvalue weighted by atomic mass is 9.91. The summed E-state index contributed by atoms with van der Waals surface area (Å²) in [6.45, 7) is 6.37. The summed E-state index contributed by atoms with van der Waals surface area (Å²) in [6, 6.07) is 46.0. The number of fused-ring (bicyclic) bond motifs is 2. The molecule has 0 atom stereocenters. The molecule has 0 aliphatic rings. The predicted octanol–water partition coefficient (Wildman–Crippen LogP) is 11.2. The second-order valence-electron chi connectivity index (χ2n) is 10.8. The summed E-state index contributed by atoms with van der Waals surface area (Å²) in [4.78, 5) is 0. The minimum absolute atomic E-state index is 0.898. The summed E-state index contributed by atoms with van der Waals surface area (Å²) >= 11 is 0. The minimum atomic E-state index is 0.898. The Bertz CT molecular complexity index is 1990. The first-order valence-electron chi connectivity index (χ1n) is 13.8. The molecule has 0 radical (unpaired) electrons. The topological polar surface area (TPSA) is 13.1 Å². The van der Waals surface area contributed by atoms with E-state index in [0.29, 0.717) is 0 Å². The highest BCUT2D eigenvalue weighted by Crippen LogP contribution is 2.43. The van der Waals surface area contributed by atoms with Crippen LogP contribution in [0.5, 0.6) is 0 Å². The molecule has 1 nitrogen and oxygen atoms in total. The van der Waals surface area contributed by atoms with Crippen molar-refractivity contribution in [2.24, 2.45) is 0 Å². The molecule has 0 amide bonds. The number of aryl methyl sites for hydroxylation is 3. The van der Waals surface area contributed by atoms with Crippen molar-refractivity contribution in [2.45, 2.75) is 20.8 Å². The first-order valence-corrected chi connectivity index (χ1v) is 13.8. The van der Waals surface area contributed by atoms with E-state index in [-0.39, 0.29) is 0 Å². The second kappa shape index (κ2) is 9.70. The van der Waals surface area contributed by atoms with Crippen LogP contribution in [0.25, 0.3) is 66.4 Å². The van der Waals surface area contributed by atoms with E-state index in [0.717, 1.165) is 33.4 Å². The Balaban J connectivity index is 1.42. The van der Waals surface area contributed by atoms with Crippen molar-refractivity contribution in [1.82, 2.24) is 0 Å².